The zero-order valence-electron chi connectivity index (χ0n) is 13.2. The van der Waals surface area contributed by atoms with Crippen LogP contribution in [0.25, 0.3) is 0 Å². The van der Waals surface area contributed by atoms with E-state index in [-0.39, 0.29) is 10.6 Å². The quantitative estimate of drug-likeness (QED) is 0.321. The average molecular weight is 366 g/mol. The number of hydrogen-bond donors (Lipinski definition) is 0. The Morgan fingerprint density at radius 3 is 2.36 bits per heavy atom. The van der Waals surface area contributed by atoms with E-state index >= 15 is 0 Å². The first-order chi connectivity index (χ1) is 12.2. The fourth-order valence-corrected chi connectivity index (χ4v) is 4.79. The van der Waals surface area contributed by atoms with Gasteiger partial charge >= 0.3 is 0 Å². The van der Waals surface area contributed by atoms with Crippen molar-refractivity contribution in [1.82, 2.24) is 0 Å². The van der Waals surface area contributed by atoms with Gasteiger partial charge in [-0.3, -0.25) is 14.4 Å². The summed E-state index contributed by atoms with van der Waals surface area (Å²) in [6, 6.07) is 23.4. The Morgan fingerprint density at radius 2 is 1.60 bits per heavy atom. The van der Waals surface area contributed by atoms with Crippen LogP contribution in [0.2, 0.25) is 0 Å². The van der Waals surface area contributed by atoms with Crippen LogP contribution in [-0.2, 0) is 5.75 Å². The van der Waals surface area contributed by atoms with Gasteiger partial charge in [0.15, 0.2) is 0 Å². The maximum atomic E-state index is 10.9. The van der Waals surface area contributed by atoms with Crippen molar-refractivity contribution in [3.8, 4) is 0 Å². The summed E-state index contributed by atoms with van der Waals surface area (Å²) >= 11 is 3.41. The van der Waals surface area contributed by atoms with Gasteiger partial charge in [0.25, 0.3) is 5.69 Å². The van der Waals surface area contributed by atoms with Gasteiger partial charge in [0.05, 0.1) is 16.3 Å². The number of anilines is 2. The summed E-state index contributed by atoms with van der Waals surface area (Å²) in [5.41, 5.74) is 3.68. The van der Waals surface area contributed by atoms with Crippen LogP contribution < -0.4 is 4.31 Å². The molecule has 0 saturated carbocycles. The molecule has 0 N–H and O–H groups in total. The summed E-state index contributed by atoms with van der Waals surface area (Å²) in [7, 11) is 0. The highest BCUT2D eigenvalue weighted by Gasteiger charge is 2.22. The first-order valence-electron chi connectivity index (χ1n) is 7.75. The summed E-state index contributed by atoms with van der Waals surface area (Å²) in [4.78, 5) is 12.7. The van der Waals surface area contributed by atoms with Gasteiger partial charge in [0.2, 0.25) is 0 Å². The van der Waals surface area contributed by atoms with E-state index in [9.17, 15) is 10.1 Å². The van der Waals surface area contributed by atoms with Crippen LogP contribution in [0.5, 0.6) is 0 Å². The monoisotopic (exact) mass is 366 g/mol. The van der Waals surface area contributed by atoms with E-state index in [1.807, 2.05) is 23.9 Å². The molecule has 3 aromatic rings. The first kappa shape index (κ1) is 16.1. The third-order valence-corrected chi connectivity index (χ3v) is 6.09. The van der Waals surface area contributed by atoms with Crippen molar-refractivity contribution >= 4 is 40.8 Å². The number of thioether (sulfide) groups is 1. The average Bonchev–Trinajstić information content (AvgIpc) is 2.80. The second-order valence-corrected chi connectivity index (χ2v) is 7.56. The zero-order chi connectivity index (χ0) is 17.2. The van der Waals surface area contributed by atoms with Gasteiger partial charge in [-0.1, -0.05) is 30.3 Å². The molecule has 4 nitrogen and oxygen atoms in total. The first-order valence-corrected chi connectivity index (χ1v) is 9.50. The fourth-order valence-electron chi connectivity index (χ4n) is 2.70. The largest absolute Gasteiger partial charge is 0.279 e. The molecule has 0 bridgehead atoms. The second kappa shape index (κ2) is 6.82. The predicted molar refractivity (Wildman–Crippen MR) is 104 cm³/mol. The van der Waals surface area contributed by atoms with Gasteiger partial charge < -0.3 is 0 Å². The Bertz CT molecular complexity index is 881. The summed E-state index contributed by atoms with van der Waals surface area (Å²) in [5.74, 6) is 0.921. The minimum absolute atomic E-state index is 0.108. The van der Waals surface area contributed by atoms with Gasteiger partial charge in [0.1, 0.15) is 0 Å². The molecule has 0 radical (unpaired) electrons. The SMILES string of the molecule is O=[N+]([O-])c1ccc(SN2c3ccccc3CSc3ccccc32)cc1. The summed E-state index contributed by atoms with van der Waals surface area (Å²) in [5, 5.41) is 10.9. The number of para-hydroxylation sites is 2. The van der Waals surface area contributed by atoms with Gasteiger partial charge in [0, 0.05) is 27.7 Å². The van der Waals surface area contributed by atoms with Crippen LogP contribution in [0.3, 0.4) is 0 Å². The van der Waals surface area contributed by atoms with Gasteiger partial charge in [-0.25, -0.2) is 0 Å². The molecule has 124 valence electrons. The molecule has 0 saturated heterocycles. The smallest absolute Gasteiger partial charge is 0.269 e. The number of nitro benzene ring substituents is 1. The van der Waals surface area contributed by atoms with E-state index in [1.54, 1.807) is 36.2 Å². The lowest BCUT2D eigenvalue weighted by molar-refractivity contribution is -0.384. The lowest BCUT2D eigenvalue weighted by Crippen LogP contribution is -2.08. The van der Waals surface area contributed by atoms with Crippen molar-refractivity contribution in [3.05, 3.63) is 88.5 Å². The number of hydrogen-bond acceptors (Lipinski definition) is 5. The molecule has 0 fully saturated rings. The Morgan fingerprint density at radius 1 is 0.920 bits per heavy atom. The third kappa shape index (κ3) is 3.23. The molecule has 4 rings (SSSR count). The molecule has 6 heteroatoms. The number of nitrogens with zero attached hydrogens (tertiary/aromatic N) is 2. The maximum absolute atomic E-state index is 10.9. The van der Waals surface area contributed by atoms with Crippen LogP contribution in [-0.4, -0.2) is 4.92 Å². The molecule has 3 aromatic carbocycles. The molecule has 0 aromatic heterocycles. The number of benzene rings is 3. The Hall–Kier alpha value is -2.44. The van der Waals surface area contributed by atoms with Crippen molar-refractivity contribution in [2.45, 2.75) is 15.5 Å². The minimum Gasteiger partial charge on any atom is -0.279 e. The van der Waals surface area contributed by atoms with Crippen LogP contribution >= 0.6 is 23.7 Å². The minimum atomic E-state index is -0.373. The van der Waals surface area contributed by atoms with Gasteiger partial charge in [-0.2, -0.15) is 0 Å². The molecule has 1 heterocycles. The van der Waals surface area contributed by atoms with Crippen molar-refractivity contribution in [2.75, 3.05) is 4.31 Å². The number of nitro groups is 1. The Kier molecular flexibility index (Phi) is 4.38. The Balaban J connectivity index is 1.76. The molecule has 1 aliphatic rings. The van der Waals surface area contributed by atoms with E-state index in [4.69, 9.17) is 0 Å². The van der Waals surface area contributed by atoms with Crippen molar-refractivity contribution in [1.29, 1.82) is 0 Å². The van der Waals surface area contributed by atoms with E-state index < -0.39 is 0 Å². The van der Waals surface area contributed by atoms with E-state index in [0.717, 1.165) is 22.0 Å². The predicted octanol–water partition coefficient (Wildman–Crippen LogP) is 6.05. The lowest BCUT2D eigenvalue weighted by atomic mass is 10.2. The fraction of sp³-hybridized carbons (Fsp3) is 0.0526. The topological polar surface area (TPSA) is 46.4 Å². The van der Waals surface area contributed by atoms with E-state index in [1.165, 1.54) is 10.5 Å². The molecule has 0 aliphatic carbocycles. The van der Waals surface area contributed by atoms with Crippen LogP contribution in [0, 0.1) is 10.1 Å². The highest BCUT2D eigenvalue weighted by atomic mass is 32.2. The summed E-state index contributed by atoms with van der Waals surface area (Å²) in [6.45, 7) is 0. The maximum Gasteiger partial charge on any atom is 0.269 e. The van der Waals surface area contributed by atoms with Crippen molar-refractivity contribution < 1.29 is 4.92 Å². The molecular weight excluding hydrogens is 352 g/mol. The number of rotatable bonds is 3. The van der Waals surface area contributed by atoms with Crippen LogP contribution in [0.15, 0.2) is 82.6 Å². The van der Waals surface area contributed by atoms with Gasteiger partial charge in [-0.15, -0.1) is 11.8 Å². The lowest BCUT2D eigenvalue weighted by Gasteiger charge is -2.25. The normalized spacial score (nSPS) is 12.9. The zero-order valence-corrected chi connectivity index (χ0v) is 14.8. The van der Waals surface area contributed by atoms with Crippen LogP contribution in [0.4, 0.5) is 17.1 Å². The molecule has 0 atom stereocenters. The molecule has 0 amide bonds. The number of fused-ring (bicyclic) bond motifs is 2. The second-order valence-electron chi connectivity index (χ2n) is 5.52. The van der Waals surface area contributed by atoms with Crippen molar-refractivity contribution in [2.24, 2.45) is 0 Å². The van der Waals surface area contributed by atoms with Crippen LogP contribution in [0.1, 0.15) is 5.56 Å². The standard InChI is InChI=1S/C19H14N2O2S2/c22-21(23)15-9-11-16(12-10-15)25-20-17-6-2-1-5-14(17)13-24-19-8-4-3-7-18(19)20/h1-12H,13H2. The molecule has 25 heavy (non-hydrogen) atoms. The highest BCUT2D eigenvalue weighted by molar-refractivity contribution is 8.01. The van der Waals surface area contributed by atoms with Crippen molar-refractivity contribution in [3.63, 3.8) is 0 Å². The number of non-ortho nitro benzene ring substituents is 1. The molecule has 1 aliphatic heterocycles. The van der Waals surface area contributed by atoms with E-state index in [2.05, 4.69) is 40.7 Å². The highest BCUT2D eigenvalue weighted by Crippen LogP contribution is 2.47. The summed E-state index contributed by atoms with van der Waals surface area (Å²) in [6.07, 6.45) is 0. The third-order valence-electron chi connectivity index (χ3n) is 3.92. The molecular formula is C19H14N2O2S2. The van der Waals surface area contributed by atoms with E-state index in [0.29, 0.717) is 0 Å². The summed E-state index contributed by atoms with van der Waals surface area (Å²) < 4.78 is 2.21. The Labute approximate surface area is 154 Å². The molecule has 0 spiro atoms. The van der Waals surface area contributed by atoms with Gasteiger partial charge in [-0.05, 0) is 47.8 Å². The molecule has 0 unspecified atom stereocenters.